The van der Waals surface area contributed by atoms with Gasteiger partial charge in [0, 0.05) is 23.9 Å². The first-order valence-electron chi connectivity index (χ1n) is 26.2. The number of ketones is 1. The van der Waals surface area contributed by atoms with E-state index in [-0.39, 0.29) is 45.4 Å². The summed E-state index contributed by atoms with van der Waals surface area (Å²) < 4.78 is 25.8. The fourth-order valence-electron chi connectivity index (χ4n) is 10.9. The van der Waals surface area contributed by atoms with E-state index >= 15 is 0 Å². The van der Waals surface area contributed by atoms with Crippen molar-refractivity contribution in [3.63, 3.8) is 0 Å². The number of Topliss-reactive ketones (excluding diaryl/α,β-unsaturated/α-hetero) is 1. The number of methoxy groups -OCH3 is 1. The highest BCUT2D eigenvalue weighted by molar-refractivity contribution is 6.78. The minimum atomic E-state index is -2.71. The van der Waals surface area contributed by atoms with Crippen LogP contribution in [0.25, 0.3) is 16.7 Å². The van der Waals surface area contributed by atoms with Gasteiger partial charge in [0.15, 0.2) is 20.3 Å². The number of amides is 3. The van der Waals surface area contributed by atoms with Crippen LogP contribution >= 0.6 is 0 Å². The molecule has 4 atom stereocenters. The SMILES string of the molecule is COc1cc2c(cc1O[Si](C(C)C)(C(C)C)C(C)C)N(C(=O)O)[C@@H](O[Si](C)(C)C(C)(C)C)[C@@H]1CC(c3ccc(NNC(C)C(=O)NC(C(=O)C(=O)OCC4c5ccccc5-c5ccccc54)C(C)C)cc3)=CN1C2=O. The summed E-state index contributed by atoms with van der Waals surface area (Å²) in [6, 6.07) is 23.9. The minimum Gasteiger partial charge on any atom is -0.540 e. The first-order valence-corrected chi connectivity index (χ1v) is 31.2. The second-order valence-corrected chi connectivity index (χ2v) is 33.1. The van der Waals surface area contributed by atoms with Crippen LogP contribution in [0, 0.1) is 5.92 Å². The largest absolute Gasteiger partial charge is 0.540 e. The zero-order valence-electron chi connectivity index (χ0n) is 46.3. The molecule has 402 valence electrons. The molecule has 2 aliphatic heterocycles. The number of rotatable bonds is 19. The molecule has 4 aromatic carbocycles. The summed E-state index contributed by atoms with van der Waals surface area (Å²) in [5, 5.41) is 13.7. The average Bonchev–Trinajstić information content (AvgIpc) is 3.92. The fraction of sp³-hybridized carbons (Fsp3) is 0.466. The van der Waals surface area contributed by atoms with E-state index in [0.29, 0.717) is 23.6 Å². The third-order valence-corrected chi connectivity index (χ3v) is 26.4. The van der Waals surface area contributed by atoms with Gasteiger partial charge >= 0.3 is 12.1 Å². The van der Waals surface area contributed by atoms with Gasteiger partial charge in [-0.3, -0.25) is 14.4 Å². The molecule has 17 heteroatoms. The maximum absolute atomic E-state index is 15.0. The Morgan fingerprint density at radius 2 is 1.36 bits per heavy atom. The Morgan fingerprint density at radius 1 is 0.787 bits per heavy atom. The predicted octanol–water partition coefficient (Wildman–Crippen LogP) is 11.7. The quantitative estimate of drug-likeness (QED) is 0.0302. The van der Waals surface area contributed by atoms with Crippen molar-refractivity contribution in [2.75, 3.05) is 24.0 Å². The lowest BCUT2D eigenvalue weighted by Crippen LogP contribution is -2.57. The molecule has 0 bridgehead atoms. The average molecular weight is 1060 g/mol. The predicted molar refractivity (Wildman–Crippen MR) is 299 cm³/mol. The number of carbonyl (C=O) groups excluding carboxylic acids is 4. The standard InChI is InChI=1S/C58H77N5O10Si2/c1-33(2)51(52(64)56(67)71-32-46-43-22-18-16-20-41(43)42-21-17-19-23-44(42)46)59-53(65)37(9)60-61-40-26-24-38(25-27-40)39-28-48-55(73-74(14,15)58(10,11)12)63(57(68)69)47-30-50(72-75(34(3)4,35(5)6)36(7)8)49(70-13)29-45(47)54(66)62(48)31-39/h16-27,29-31,33-37,46,48,51,55,60-61H,28,32H2,1-15H3,(H,59,65)(H,68,69)/t37?,48-,51?,55-/m0/s1. The van der Waals surface area contributed by atoms with Crippen molar-refractivity contribution in [3.05, 3.63) is 113 Å². The van der Waals surface area contributed by atoms with Gasteiger partial charge in [-0.25, -0.2) is 19.9 Å². The Morgan fingerprint density at radius 3 is 1.88 bits per heavy atom. The Hall–Kier alpha value is -6.28. The van der Waals surface area contributed by atoms with Gasteiger partial charge in [0.05, 0.1) is 24.4 Å². The van der Waals surface area contributed by atoms with Crippen LogP contribution in [0.2, 0.25) is 34.8 Å². The van der Waals surface area contributed by atoms with Crippen molar-refractivity contribution in [2.45, 2.75) is 155 Å². The van der Waals surface area contributed by atoms with E-state index in [1.165, 1.54) is 12.0 Å². The molecule has 3 amide bonds. The number of carbonyl (C=O) groups is 5. The topological polar surface area (TPSA) is 185 Å². The van der Waals surface area contributed by atoms with E-state index in [1.807, 2.05) is 72.8 Å². The number of anilines is 2. The second kappa shape index (κ2) is 22.1. The third kappa shape index (κ3) is 11.0. The van der Waals surface area contributed by atoms with Crippen LogP contribution in [-0.2, 0) is 23.5 Å². The first-order chi connectivity index (χ1) is 35.2. The van der Waals surface area contributed by atoms with Crippen LogP contribution in [0.3, 0.4) is 0 Å². The molecule has 0 radical (unpaired) electrons. The molecule has 0 fully saturated rings. The first kappa shape index (κ1) is 56.5. The summed E-state index contributed by atoms with van der Waals surface area (Å²) in [7, 11) is -3.75. The van der Waals surface area contributed by atoms with Crippen LogP contribution in [-0.4, -0.2) is 94.4 Å². The van der Waals surface area contributed by atoms with Gasteiger partial charge < -0.3 is 39.1 Å². The van der Waals surface area contributed by atoms with Crippen molar-refractivity contribution in [1.29, 1.82) is 0 Å². The Kier molecular flexibility index (Phi) is 16.7. The lowest BCUT2D eigenvalue weighted by atomic mass is 9.97. The van der Waals surface area contributed by atoms with Crippen LogP contribution in [0.4, 0.5) is 16.2 Å². The van der Waals surface area contributed by atoms with Gasteiger partial charge in [-0.2, -0.15) is 0 Å². The number of hydrogen-bond acceptors (Lipinski definition) is 11. The number of ether oxygens (including phenoxy) is 2. The van der Waals surface area contributed by atoms with Crippen molar-refractivity contribution >= 4 is 63.2 Å². The second-order valence-electron chi connectivity index (χ2n) is 23.0. The highest BCUT2D eigenvalue weighted by atomic mass is 28.4. The van der Waals surface area contributed by atoms with Gasteiger partial charge in [0.1, 0.15) is 24.4 Å². The highest BCUT2D eigenvalue weighted by Gasteiger charge is 2.52. The summed E-state index contributed by atoms with van der Waals surface area (Å²) >= 11 is 0. The number of hydrazine groups is 1. The van der Waals surface area contributed by atoms with Gasteiger partial charge in [-0.1, -0.05) is 137 Å². The number of benzene rings is 4. The van der Waals surface area contributed by atoms with Crippen LogP contribution in [0.5, 0.6) is 11.5 Å². The molecule has 0 spiro atoms. The van der Waals surface area contributed by atoms with Crippen LogP contribution in [0.15, 0.2) is 91.1 Å². The Bertz CT molecular complexity index is 2770. The summed E-state index contributed by atoms with van der Waals surface area (Å²) in [5.41, 5.74) is 13.5. The molecular formula is C58H77N5O10Si2. The lowest BCUT2D eigenvalue weighted by molar-refractivity contribution is -0.155. The Balaban J connectivity index is 1.07. The van der Waals surface area contributed by atoms with Crippen LogP contribution in [0.1, 0.15) is 122 Å². The molecule has 3 aliphatic rings. The summed E-state index contributed by atoms with van der Waals surface area (Å²) in [6.07, 6.45) is -0.251. The van der Waals surface area contributed by atoms with E-state index < -0.39 is 76.6 Å². The summed E-state index contributed by atoms with van der Waals surface area (Å²) in [4.78, 5) is 71.9. The number of esters is 1. The van der Waals surface area contributed by atoms with E-state index in [1.54, 1.807) is 44.0 Å². The minimum absolute atomic E-state index is 0.0134. The molecule has 4 aromatic rings. The van der Waals surface area contributed by atoms with Crippen molar-refractivity contribution in [3.8, 4) is 22.6 Å². The molecule has 4 N–H and O–H groups in total. The number of nitrogens with one attached hydrogen (secondary N) is 3. The van der Waals surface area contributed by atoms with Gasteiger partial charge in [-0.05, 0) is 106 Å². The van der Waals surface area contributed by atoms with E-state index in [9.17, 15) is 29.1 Å². The number of hydrogen-bond donors (Lipinski definition) is 4. The normalized spacial score (nSPS) is 17.5. The van der Waals surface area contributed by atoms with E-state index in [0.717, 1.165) is 33.4 Å². The fourth-order valence-corrected chi connectivity index (χ4v) is 17.4. The van der Waals surface area contributed by atoms with Gasteiger partial charge in [0.25, 0.3) is 20.0 Å². The van der Waals surface area contributed by atoms with Gasteiger partial charge in [0.2, 0.25) is 5.91 Å². The monoisotopic (exact) mass is 1060 g/mol. The molecule has 2 heterocycles. The number of carboxylic acid groups (broad SMARTS) is 1. The molecule has 2 unspecified atom stereocenters. The zero-order chi connectivity index (χ0) is 55.1. The maximum atomic E-state index is 15.0. The van der Waals surface area contributed by atoms with E-state index in [2.05, 4.69) is 91.6 Å². The molecule has 15 nitrogen and oxygen atoms in total. The summed E-state index contributed by atoms with van der Waals surface area (Å²) in [6.45, 7) is 28.6. The molecule has 75 heavy (non-hydrogen) atoms. The van der Waals surface area contributed by atoms with Crippen molar-refractivity contribution in [2.24, 2.45) is 5.92 Å². The molecular weight excluding hydrogens is 983 g/mol. The molecule has 0 aromatic heterocycles. The van der Waals surface area contributed by atoms with Crippen molar-refractivity contribution in [1.82, 2.24) is 15.6 Å². The molecule has 0 saturated carbocycles. The lowest BCUT2D eigenvalue weighted by Gasteiger charge is -2.44. The number of nitrogens with zero attached hydrogens (tertiary/aromatic N) is 2. The zero-order valence-corrected chi connectivity index (χ0v) is 48.3. The molecule has 1 aliphatic carbocycles. The van der Waals surface area contributed by atoms with Crippen molar-refractivity contribution < 1.29 is 47.4 Å². The number of fused-ring (bicyclic) bond motifs is 5. The molecule has 0 saturated heterocycles. The summed E-state index contributed by atoms with van der Waals surface area (Å²) in [5.74, 6) is -2.61. The third-order valence-electron chi connectivity index (χ3n) is 16.0. The molecule has 7 rings (SSSR count). The smallest absolute Gasteiger partial charge is 0.414 e. The Labute approximate surface area is 445 Å². The maximum Gasteiger partial charge on any atom is 0.414 e. The van der Waals surface area contributed by atoms with Gasteiger partial charge in [-0.15, -0.1) is 0 Å². The van der Waals surface area contributed by atoms with E-state index in [4.69, 9.17) is 18.3 Å². The highest BCUT2D eigenvalue weighted by Crippen LogP contribution is 2.50. The van der Waals surface area contributed by atoms with Crippen LogP contribution < -0.4 is 30.2 Å².